The molecule has 3 nitrogen and oxygen atoms in total. The van der Waals surface area contributed by atoms with Gasteiger partial charge in [-0.15, -0.1) is 0 Å². The van der Waals surface area contributed by atoms with Crippen LogP contribution in [-0.2, 0) is 13.1 Å². The number of methoxy groups -OCH3 is 1. The van der Waals surface area contributed by atoms with Crippen molar-refractivity contribution in [3.63, 3.8) is 0 Å². The zero-order chi connectivity index (χ0) is 13.7. The number of ether oxygens (including phenoxy) is 1. The van der Waals surface area contributed by atoms with Crippen molar-refractivity contribution in [2.45, 2.75) is 20.0 Å². The summed E-state index contributed by atoms with van der Waals surface area (Å²) in [6.07, 6.45) is 0. The van der Waals surface area contributed by atoms with Gasteiger partial charge in [-0.05, 0) is 24.6 Å². The lowest BCUT2D eigenvalue weighted by molar-refractivity contribution is 0.412. The van der Waals surface area contributed by atoms with Crippen LogP contribution < -0.4 is 10.1 Å². The smallest absolute Gasteiger partial charge is 0.122 e. The molecule has 1 aromatic heterocycles. The van der Waals surface area contributed by atoms with E-state index in [0.29, 0.717) is 0 Å². The molecule has 0 aliphatic rings. The lowest BCUT2D eigenvalue weighted by atomic mass is 10.2. The lowest BCUT2D eigenvalue weighted by Crippen LogP contribution is -2.14. The van der Waals surface area contributed by atoms with E-state index in [-0.39, 0.29) is 0 Å². The molecule has 0 aliphatic carbocycles. The number of benzene rings is 1. The summed E-state index contributed by atoms with van der Waals surface area (Å²) in [6, 6.07) is 12.2. The first-order valence-corrected chi connectivity index (χ1v) is 6.93. The summed E-state index contributed by atoms with van der Waals surface area (Å²) in [5, 5.41) is 3.38. The van der Waals surface area contributed by atoms with E-state index < -0.39 is 0 Å². The SMILES string of the molecule is COc1cc(C)nc(CNCc2ccc(Br)cc2)c1. The van der Waals surface area contributed by atoms with Gasteiger partial charge in [0, 0.05) is 35.4 Å². The maximum absolute atomic E-state index is 5.24. The molecular weight excluding hydrogens is 304 g/mol. The quantitative estimate of drug-likeness (QED) is 0.916. The first-order valence-electron chi connectivity index (χ1n) is 6.14. The van der Waals surface area contributed by atoms with Gasteiger partial charge in [-0.25, -0.2) is 0 Å². The van der Waals surface area contributed by atoms with E-state index in [1.165, 1.54) is 5.56 Å². The van der Waals surface area contributed by atoms with Crippen molar-refractivity contribution in [1.82, 2.24) is 10.3 Å². The van der Waals surface area contributed by atoms with Crippen LogP contribution in [-0.4, -0.2) is 12.1 Å². The molecule has 0 saturated heterocycles. The maximum atomic E-state index is 5.24. The highest BCUT2D eigenvalue weighted by molar-refractivity contribution is 9.10. The third-order valence-corrected chi connectivity index (χ3v) is 3.29. The number of pyridine rings is 1. The number of aromatic nitrogens is 1. The van der Waals surface area contributed by atoms with E-state index in [9.17, 15) is 0 Å². The average Bonchev–Trinajstić information content (AvgIpc) is 2.40. The van der Waals surface area contributed by atoms with Crippen LogP contribution in [0.25, 0.3) is 0 Å². The molecule has 0 atom stereocenters. The number of nitrogens with one attached hydrogen (secondary N) is 1. The topological polar surface area (TPSA) is 34.1 Å². The Morgan fingerprint density at radius 2 is 1.89 bits per heavy atom. The zero-order valence-corrected chi connectivity index (χ0v) is 12.7. The molecule has 1 N–H and O–H groups in total. The van der Waals surface area contributed by atoms with Gasteiger partial charge in [0.1, 0.15) is 5.75 Å². The van der Waals surface area contributed by atoms with Gasteiger partial charge in [-0.2, -0.15) is 0 Å². The van der Waals surface area contributed by atoms with Crippen LogP contribution in [0.2, 0.25) is 0 Å². The van der Waals surface area contributed by atoms with Crippen LogP contribution in [0.1, 0.15) is 17.0 Å². The maximum Gasteiger partial charge on any atom is 0.122 e. The summed E-state index contributed by atoms with van der Waals surface area (Å²) >= 11 is 3.43. The van der Waals surface area contributed by atoms with Crippen molar-refractivity contribution >= 4 is 15.9 Å². The fraction of sp³-hybridized carbons (Fsp3) is 0.267. The molecule has 0 unspecified atom stereocenters. The fourth-order valence-corrected chi connectivity index (χ4v) is 2.11. The molecule has 0 spiro atoms. The molecule has 4 heteroatoms. The average molecular weight is 321 g/mol. The van der Waals surface area contributed by atoms with Crippen molar-refractivity contribution in [2.24, 2.45) is 0 Å². The monoisotopic (exact) mass is 320 g/mol. The molecule has 0 radical (unpaired) electrons. The Kier molecular flexibility index (Phi) is 4.93. The molecular formula is C15H17BrN2O. The van der Waals surface area contributed by atoms with Crippen molar-refractivity contribution in [1.29, 1.82) is 0 Å². The van der Waals surface area contributed by atoms with Gasteiger partial charge in [-0.1, -0.05) is 28.1 Å². The second-order valence-electron chi connectivity index (χ2n) is 4.37. The molecule has 0 bridgehead atoms. The molecule has 2 rings (SSSR count). The highest BCUT2D eigenvalue weighted by atomic mass is 79.9. The number of hydrogen-bond acceptors (Lipinski definition) is 3. The normalized spacial score (nSPS) is 10.5. The summed E-state index contributed by atoms with van der Waals surface area (Å²) in [6.45, 7) is 3.53. The standard InChI is InChI=1S/C15H17BrN2O/c1-11-7-15(19-2)8-14(18-11)10-17-9-12-3-5-13(16)6-4-12/h3-8,17H,9-10H2,1-2H3. The Labute approximate surface area is 122 Å². The van der Waals surface area contributed by atoms with Crippen molar-refractivity contribution < 1.29 is 4.74 Å². The summed E-state index contributed by atoms with van der Waals surface area (Å²) in [5.74, 6) is 0.855. The molecule has 1 aromatic carbocycles. The third kappa shape index (κ3) is 4.33. The molecule has 2 aromatic rings. The summed E-state index contributed by atoms with van der Waals surface area (Å²) < 4.78 is 6.34. The highest BCUT2D eigenvalue weighted by Crippen LogP contribution is 2.13. The predicted molar refractivity (Wildman–Crippen MR) is 80.2 cm³/mol. The minimum absolute atomic E-state index is 0.730. The first kappa shape index (κ1) is 14.0. The first-order chi connectivity index (χ1) is 9.17. The van der Waals surface area contributed by atoms with Crippen LogP contribution in [0.4, 0.5) is 0 Å². The van der Waals surface area contributed by atoms with Gasteiger partial charge < -0.3 is 10.1 Å². The minimum atomic E-state index is 0.730. The highest BCUT2D eigenvalue weighted by Gasteiger charge is 2.00. The predicted octanol–water partition coefficient (Wildman–Crippen LogP) is 3.45. The zero-order valence-electron chi connectivity index (χ0n) is 11.1. The van der Waals surface area contributed by atoms with Gasteiger partial charge in [0.25, 0.3) is 0 Å². The van der Waals surface area contributed by atoms with Crippen molar-refractivity contribution in [3.8, 4) is 5.75 Å². The molecule has 19 heavy (non-hydrogen) atoms. The molecule has 100 valence electrons. The summed E-state index contributed by atoms with van der Waals surface area (Å²) in [5.41, 5.74) is 3.22. The van der Waals surface area contributed by atoms with E-state index in [0.717, 1.165) is 34.7 Å². The van der Waals surface area contributed by atoms with Gasteiger partial charge in [0.15, 0.2) is 0 Å². The second-order valence-corrected chi connectivity index (χ2v) is 5.29. The second kappa shape index (κ2) is 6.68. The molecule has 0 saturated carbocycles. The Balaban J connectivity index is 1.92. The summed E-state index contributed by atoms with van der Waals surface area (Å²) in [4.78, 5) is 4.48. The van der Waals surface area contributed by atoms with Gasteiger partial charge >= 0.3 is 0 Å². The molecule has 0 fully saturated rings. The Morgan fingerprint density at radius 1 is 1.16 bits per heavy atom. The summed E-state index contributed by atoms with van der Waals surface area (Å²) in [7, 11) is 1.67. The van der Waals surface area contributed by atoms with E-state index in [4.69, 9.17) is 4.74 Å². The number of rotatable bonds is 5. The van der Waals surface area contributed by atoms with Crippen LogP contribution >= 0.6 is 15.9 Å². The molecule has 0 aliphatic heterocycles. The van der Waals surface area contributed by atoms with Gasteiger partial charge in [-0.3, -0.25) is 4.98 Å². The number of nitrogens with zero attached hydrogens (tertiary/aromatic N) is 1. The molecule has 0 amide bonds. The van der Waals surface area contributed by atoms with E-state index in [2.05, 4.69) is 38.4 Å². The Hall–Kier alpha value is -1.39. The Bertz CT molecular complexity index is 540. The number of hydrogen-bond donors (Lipinski definition) is 1. The fourth-order valence-electron chi connectivity index (χ4n) is 1.85. The van der Waals surface area contributed by atoms with E-state index in [1.807, 2.05) is 31.2 Å². The number of aryl methyl sites for hydroxylation is 1. The lowest BCUT2D eigenvalue weighted by Gasteiger charge is -2.08. The van der Waals surface area contributed by atoms with Crippen LogP contribution in [0, 0.1) is 6.92 Å². The van der Waals surface area contributed by atoms with E-state index in [1.54, 1.807) is 7.11 Å². The van der Waals surface area contributed by atoms with Crippen LogP contribution in [0.15, 0.2) is 40.9 Å². The van der Waals surface area contributed by atoms with E-state index >= 15 is 0 Å². The third-order valence-electron chi connectivity index (χ3n) is 2.76. The van der Waals surface area contributed by atoms with Crippen molar-refractivity contribution in [3.05, 3.63) is 57.8 Å². The number of halogens is 1. The van der Waals surface area contributed by atoms with Gasteiger partial charge in [0.2, 0.25) is 0 Å². The Morgan fingerprint density at radius 3 is 2.58 bits per heavy atom. The van der Waals surface area contributed by atoms with Gasteiger partial charge in [0.05, 0.1) is 12.8 Å². The largest absolute Gasteiger partial charge is 0.497 e. The van der Waals surface area contributed by atoms with Crippen LogP contribution in [0.5, 0.6) is 5.75 Å². The van der Waals surface area contributed by atoms with Crippen LogP contribution in [0.3, 0.4) is 0 Å². The van der Waals surface area contributed by atoms with Crippen molar-refractivity contribution in [2.75, 3.05) is 7.11 Å². The minimum Gasteiger partial charge on any atom is -0.497 e. The molecule has 1 heterocycles.